The monoisotopic (exact) mass is 212 g/mol. The average Bonchev–Trinajstić information content (AvgIpc) is 2.38. The maximum absolute atomic E-state index is 7.89. The summed E-state index contributed by atoms with van der Waals surface area (Å²) in [5, 5.41) is 14.9. The highest BCUT2D eigenvalue weighted by Gasteiger charge is 1.57. The number of allylic oxidation sites excluding steroid dienone is 1. The van der Waals surface area contributed by atoms with Crippen LogP contribution < -0.4 is 0 Å². The Morgan fingerprint density at radius 3 is 1.20 bits per heavy atom. The molecular formula is C13H24O2. The van der Waals surface area contributed by atoms with Crippen LogP contribution in [0.1, 0.15) is 27.2 Å². The Kier molecular flexibility index (Phi) is 37.8. The first-order valence-electron chi connectivity index (χ1n) is 5.15. The van der Waals surface area contributed by atoms with Crippen molar-refractivity contribution in [3.05, 3.63) is 48.7 Å². The second-order valence-corrected chi connectivity index (χ2v) is 1.95. The van der Waals surface area contributed by atoms with E-state index in [1.165, 1.54) is 0 Å². The van der Waals surface area contributed by atoms with E-state index in [4.69, 9.17) is 10.2 Å². The van der Waals surface area contributed by atoms with Gasteiger partial charge in [-0.3, -0.25) is 0 Å². The molecule has 0 amide bonds. The van der Waals surface area contributed by atoms with Crippen LogP contribution in [0.5, 0.6) is 0 Å². The first-order valence-corrected chi connectivity index (χ1v) is 5.15. The lowest BCUT2D eigenvalue weighted by molar-refractivity contribution is 0.399. The Morgan fingerprint density at radius 2 is 1.13 bits per heavy atom. The number of aliphatic hydroxyl groups excluding tert-OH is 2. The van der Waals surface area contributed by atoms with Gasteiger partial charge < -0.3 is 10.2 Å². The van der Waals surface area contributed by atoms with Gasteiger partial charge in [-0.1, -0.05) is 63.2 Å². The van der Waals surface area contributed by atoms with Crippen molar-refractivity contribution in [3.63, 3.8) is 0 Å². The number of hydrogen-bond acceptors (Lipinski definition) is 2. The maximum atomic E-state index is 7.89. The molecule has 0 aliphatic carbocycles. The SMILES string of the molecule is CC.CCC=CO.CO.c1ccccc1. The van der Waals surface area contributed by atoms with E-state index in [0.717, 1.165) is 19.8 Å². The van der Waals surface area contributed by atoms with Gasteiger partial charge in [-0.2, -0.15) is 0 Å². The highest BCUT2D eigenvalue weighted by atomic mass is 16.2. The lowest BCUT2D eigenvalue weighted by Gasteiger charge is -1.69. The summed E-state index contributed by atoms with van der Waals surface area (Å²) in [6.07, 6.45) is 3.65. The normalized spacial score (nSPS) is 7.27. The highest BCUT2D eigenvalue weighted by Crippen LogP contribution is 1.79. The van der Waals surface area contributed by atoms with Gasteiger partial charge in [-0.25, -0.2) is 0 Å². The third kappa shape index (κ3) is 32.4. The van der Waals surface area contributed by atoms with Crippen LogP contribution in [0.25, 0.3) is 0 Å². The fourth-order valence-electron chi connectivity index (χ4n) is 0.490. The van der Waals surface area contributed by atoms with Crippen molar-refractivity contribution in [2.75, 3.05) is 7.11 Å². The van der Waals surface area contributed by atoms with E-state index in [1.807, 2.05) is 57.2 Å². The third-order valence-corrected chi connectivity index (χ3v) is 1.01. The number of rotatable bonds is 1. The van der Waals surface area contributed by atoms with E-state index < -0.39 is 0 Å². The van der Waals surface area contributed by atoms with Crippen molar-refractivity contribution in [2.45, 2.75) is 27.2 Å². The first-order chi connectivity index (χ1) is 7.41. The molecule has 1 rings (SSSR count). The smallest absolute Gasteiger partial charge is 0.0751 e. The van der Waals surface area contributed by atoms with E-state index >= 15 is 0 Å². The fourth-order valence-corrected chi connectivity index (χ4v) is 0.490. The van der Waals surface area contributed by atoms with E-state index in [2.05, 4.69) is 0 Å². The van der Waals surface area contributed by atoms with E-state index in [9.17, 15) is 0 Å². The largest absolute Gasteiger partial charge is 0.516 e. The molecule has 2 heteroatoms. The average molecular weight is 212 g/mol. The van der Waals surface area contributed by atoms with Gasteiger partial charge in [0, 0.05) is 7.11 Å². The first kappa shape index (κ1) is 19.3. The topological polar surface area (TPSA) is 40.5 Å². The quantitative estimate of drug-likeness (QED) is 0.695. The lowest BCUT2D eigenvalue weighted by atomic mass is 10.4. The molecule has 0 radical (unpaired) electrons. The zero-order valence-corrected chi connectivity index (χ0v) is 10.2. The van der Waals surface area contributed by atoms with Crippen LogP contribution in [0.3, 0.4) is 0 Å². The van der Waals surface area contributed by atoms with Gasteiger partial charge in [0.25, 0.3) is 0 Å². The Balaban J connectivity index is -0.000000146. The molecule has 1 aromatic rings. The van der Waals surface area contributed by atoms with Crippen molar-refractivity contribution < 1.29 is 10.2 Å². The minimum Gasteiger partial charge on any atom is -0.516 e. The van der Waals surface area contributed by atoms with Crippen LogP contribution in [0.4, 0.5) is 0 Å². The summed E-state index contributed by atoms with van der Waals surface area (Å²) in [7, 11) is 1.00. The molecular weight excluding hydrogens is 188 g/mol. The van der Waals surface area contributed by atoms with Crippen LogP contribution in [0, 0.1) is 0 Å². The van der Waals surface area contributed by atoms with Crippen molar-refractivity contribution >= 4 is 0 Å². The maximum Gasteiger partial charge on any atom is 0.0751 e. The Bertz CT molecular complexity index is 144. The number of hydrogen-bond donors (Lipinski definition) is 2. The molecule has 0 heterocycles. The molecule has 0 bridgehead atoms. The van der Waals surface area contributed by atoms with E-state index in [1.54, 1.807) is 6.08 Å². The minimum atomic E-state index is 0.913. The van der Waals surface area contributed by atoms with Gasteiger partial charge in [-0.05, 0) is 6.42 Å². The van der Waals surface area contributed by atoms with Crippen LogP contribution in [0.15, 0.2) is 48.7 Å². The highest BCUT2D eigenvalue weighted by molar-refractivity contribution is 4.99. The molecule has 0 aromatic heterocycles. The molecule has 0 aliphatic rings. The molecule has 0 saturated heterocycles. The molecule has 15 heavy (non-hydrogen) atoms. The fraction of sp³-hybridized carbons (Fsp3) is 0.385. The van der Waals surface area contributed by atoms with Crippen LogP contribution in [0.2, 0.25) is 0 Å². The lowest BCUT2D eigenvalue weighted by Crippen LogP contribution is -1.48. The Hall–Kier alpha value is -1.28. The molecule has 2 nitrogen and oxygen atoms in total. The van der Waals surface area contributed by atoms with Gasteiger partial charge in [0.2, 0.25) is 0 Å². The standard InChI is InChI=1S/C6H6.C4H8O.C2H6.CH4O/c1-2-4-6-5-3-1;1-2-3-4-5;2*1-2/h1-6H;3-5H,2H2,1H3;1-2H3;2H,1H3. The Morgan fingerprint density at radius 1 is 0.867 bits per heavy atom. The minimum absolute atomic E-state index is 0.913. The molecule has 0 aliphatic heterocycles. The summed E-state index contributed by atoms with van der Waals surface area (Å²) in [6.45, 7) is 5.96. The predicted molar refractivity (Wildman–Crippen MR) is 68.0 cm³/mol. The molecule has 0 saturated carbocycles. The summed E-state index contributed by atoms with van der Waals surface area (Å²) in [4.78, 5) is 0. The molecule has 0 spiro atoms. The molecule has 0 unspecified atom stereocenters. The van der Waals surface area contributed by atoms with Crippen LogP contribution >= 0.6 is 0 Å². The summed E-state index contributed by atoms with van der Waals surface area (Å²) >= 11 is 0. The second-order valence-electron chi connectivity index (χ2n) is 1.95. The third-order valence-electron chi connectivity index (χ3n) is 1.01. The van der Waals surface area contributed by atoms with Gasteiger partial charge in [0.15, 0.2) is 0 Å². The molecule has 2 N–H and O–H groups in total. The summed E-state index contributed by atoms with van der Waals surface area (Å²) < 4.78 is 0. The van der Waals surface area contributed by atoms with Crippen molar-refractivity contribution in [3.8, 4) is 0 Å². The predicted octanol–water partition coefficient (Wildman–Crippen LogP) is 3.79. The number of benzene rings is 1. The van der Waals surface area contributed by atoms with Crippen molar-refractivity contribution in [1.29, 1.82) is 0 Å². The zero-order chi connectivity index (χ0) is 12.4. The van der Waals surface area contributed by atoms with Gasteiger partial charge in [0.05, 0.1) is 6.26 Å². The molecule has 1 aromatic carbocycles. The number of aliphatic hydroxyl groups is 2. The van der Waals surface area contributed by atoms with E-state index in [0.29, 0.717) is 0 Å². The summed E-state index contributed by atoms with van der Waals surface area (Å²) in [5.74, 6) is 0. The molecule has 0 fully saturated rings. The van der Waals surface area contributed by atoms with Crippen molar-refractivity contribution in [1.82, 2.24) is 0 Å². The summed E-state index contributed by atoms with van der Waals surface area (Å²) in [6, 6.07) is 12.0. The van der Waals surface area contributed by atoms with Crippen LogP contribution in [-0.4, -0.2) is 17.3 Å². The molecule has 0 atom stereocenters. The van der Waals surface area contributed by atoms with Gasteiger partial charge in [-0.15, -0.1) is 0 Å². The Labute approximate surface area is 93.9 Å². The molecule has 88 valence electrons. The van der Waals surface area contributed by atoms with Gasteiger partial charge >= 0.3 is 0 Å². The van der Waals surface area contributed by atoms with Crippen LogP contribution in [-0.2, 0) is 0 Å². The second kappa shape index (κ2) is 29.3. The zero-order valence-electron chi connectivity index (χ0n) is 10.2. The van der Waals surface area contributed by atoms with E-state index in [-0.39, 0.29) is 0 Å². The van der Waals surface area contributed by atoms with Crippen molar-refractivity contribution in [2.24, 2.45) is 0 Å². The van der Waals surface area contributed by atoms with Gasteiger partial charge in [0.1, 0.15) is 0 Å². The summed E-state index contributed by atoms with van der Waals surface area (Å²) in [5.41, 5.74) is 0.